The molecule has 0 aromatic heterocycles. The highest BCUT2D eigenvalue weighted by Gasteiger charge is 2.22. The van der Waals surface area contributed by atoms with Crippen LogP contribution in [-0.4, -0.2) is 12.1 Å². The number of unbranched alkanes of at least 4 members (excludes halogenated alkanes) is 14. The summed E-state index contributed by atoms with van der Waals surface area (Å²) in [5, 5.41) is 0. The van der Waals surface area contributed by atoms with E-state index in [0.29, 0.717) is 12.3 Å². The average molecular weight is 395 g/mol. The number of esters is 1. The summed E-state index contributed by atoms with van der Waals surface area (Å²) in [6, 6.07) is 0. The Morgan fingerprint density at radius 3 is 1.61 bits per heavy atom. The minimum Gasteiger partial charge on any atom is -0.462 e. The lowest BCUT2D eigenvalue weighted by Gasteiger charge is -2.27. The van der Waals surface area contributed by atoms with Crippen LogP contribution in [0.4, 0.5) is 0 Å². The quantitative estimate of drug-likeness (QED) is 0.171. The van der Waals surface area contributed by atoms with Crippen LogP contribution in [0.2, 0.25) is 0 Å². The predicted octanol–water partition coefficient (Wildman–Crippen LogP) is 8.76. The Labute approximate surface area is 176 Å². The highest BCUT2D eigenvalue weighted by Crippen LogP contribution is 2.28. The molecule has 0 aromatic rings. The first-order chi connectivity index (χ1) is 13.7. The van der Waals surface area contributed by atoms with Gasteiger partial charge in [0, 0.05) is 6.42 Å². The molecule has 0 N–H and O–H groups in total. The first-order valence-electron chi connectivity index (χ1n) is 12.9. The fraction of sp³-hybridized carbons (Fsp3) is 0.962. The minimum absolute atomic E-state index is 0.0350. The molecule has 28 heavy (non-hydrogen) atoms. The molecule has 0 heterocycles. The third kappa shape index (κ3) is 14.5. The molecule has 2 nitrogen and oxygen atoms in total. The van der Waals surface area contributed by atoms with E-state index in [4.69, 9.17) is 4.74 Å². The molecule has 1 rings (SSSR count). The van der Waals surface area contributed by atoms with Gasteiger partial charge in [-0.15, -0.1) is 0 Å². The van der Waals surface area contributed by atoms with Crippen LogP contribution in [0.1, 0.15) is 149 Å². The number of carbonyl (C=O) groups excluding carboxylic acids is 1. The maximum absolute atomic E-state index is 12.0. The van der Waals surface area contributed by atoms with Crippen molar-refractivity contribution < 1.29 is 9.53 Å². The number of ether oxygens (including phenoxy) is 1. The van der Waals surface area contributed by atoms with Crippen LogP contribution < -0.4 is 0 Å². The molecule has 2 heteroatoms. The number of hydrogen-bond acceptors (Lipinski definition) is 2. The lowest BCUT2D eigenvalue weighted by Crippen LogP contribution is -2.25. The van der Waals surface area contributed by atoms with Gasteiger partial charge in [0.2, 0.25) is 0 Å². The Morgan fingerprint density at radius 2 is 1.14 bits per heavy atom. The molecule has 0 radical (unpaired) electrons. The van der Waals surface area contributed by atoms with E-state index in [0.717, 1.165) is 6.42 Å². The van der Waals surface area contributed by atoms with Gasteiger partial charge in [0.05, 0.1) is 0 Å². The summed E-state index contributed by atoms with van der Waals surface area (Å²) in [5.74, 6) is 0.645. The summed E-state index contributed by atoms with van der Waals surface area (Å²) >= 11 is 0. The van der Waals surface area contributed by atoms with Crippen molar-refractivity contribution in [1.29, 1.82) is 0 Å². The van der Waals surface area contributed by atoms with Crippen LogP contribution in [0.15, 0.2) is 0 Å². The summed E-state index contributed by atoms with van der Waals surface area (Å²) in [4.78, 5) is 12.0. The van der Waals surface area contributed by atoms with E-state index < -0.39 is 0 Å². The summed E-state index contributed by atoms with van der Waals surface area (Å²) in [6.07, 6.45) is 27.6. The summed E-state index contributed by atoms with van der Waals surface area (Å²) < 4.78 is 5.67. The summed E-state index contributed by atoms with van der Waals surface area (Å²) in [7, 11) is 0. The maximum Gasteiger partial charge on any atom is 0.306 e. The van der Waals surface area contributed by atoms with Crippen molar-refractivity contribution in [2.24, 2.45) is 5.92 Å². The summed E-state index contributed by atoms with van der Waals surface area (Å²) in [5.41, 5.74) is 0. The monoisotopic (exact) mass is 394 g/mol. The van der Waals surface area contributed by atoms with Crippen molar-refractivity contribution in [3.8, 4) is 0 Å². The molecule has 1 fully saturated rings. The first-order valence-corrected chi connectivity index (χ1v) is 12.9. The zero-order valence-corrected chi connectivity index (χ0v) is 19.3. The highest BCUT2D eigenvalue weighted by atomic mass is 16.5. The predicted molar refractivity (Wildman–Crippen MR) is 122 cm³/mol. The van der Waals surface area contributed by atoms with E-state index in [9.17, 15) is 4.79 Å². The lowest BCUT2D eigenvalue weighted by atomic mass is 9.86. The van der Waals surface area contributed by atoms with E-state index in [1.54, 1.807) is 0 Å². The highest BCUT2D eigenvalue weighted by molar-refractivity contribution is 5.69. The van der Waals surface area contributed by atoms with Crippen LogP contribution in [0.25, 0.3) is 0 Å². The molecule has 0 saturated heterocycles. The normalized spacial score (nSPS) is 16.2. The minimum atomic E-state index is 0.0350. The Balaban J connectivity index is 1.79. The van der Waals surface area contributed by atoms with Crippen molar-refractivity contribution in [2.75, 3.05) is 0 Å². The van der Waals surface area contributed by atoms with Crippen LogP contribution in [0.5, 0.6) is 0 Å². The van der Waals surface area contributed by atoms with Gasteiger partial charge in [0.1, 0.15) is 6.10 Å². The zero-order valence-electron chi connectivity index (χ0n) is 19.3. The molecule has 0 amide bonds. The molecule has 0 bridgehead atoms. The molecule has 0 spiro atoms. The Hall–Kier alpha value is -0.530. The Bertz CT molecular complexity index is 346. The van der Waals surface area contributed by atoms with Crippen LogP contribution >= 0.6 is 0 Å². The van der Waals surface area contributed by atoms with Gasteiger partial charge in [-0.25, -0.2) is 0 Å². The van der Waals surface area contributed by atoms with Gasteiger partial charge in [-0.1, -0.05) is 116 Å². The second-order valence-electron chi connectivity index (χ2n) is 9.29. The van der Waals surface area contributed by atoms with Crippen molar-refractivity contribution in [1.82, 2.24) is 0 Å². The molecule has 1 saturated carbocycles. The van der Waals surface area contributed by atoms with E-state index in [2.05, 4.69) is 13.8 Å². The number of rotatable bonds is 18. The molecule has 1 atom stereocenters. The van der Waals surface area contributed by atoms with Gasteiger partial charge < -0.3 is 4.74 Å². The Morgan fingerprint density at radius 1 is 0.714 bits per heavy atom. The SMILES string of the molecule is CCCCCCCCCCCCCCCCCC(=O)OC(C)C1CCCCC1. The summed E-state index contributed by atoms with van der Waals surface area (Å²) in [6.45, 7) is 4.38. The smallest absolute Gasteiger partial charge is 0.306 e. The lowest BCUT2D eigenvalue weighted by molar-refractivity contribution is -0.151. The van der Waals surface area contributed by atoms with Gasteiger partial charge >= 0.3 is 5.97 Å². The molecule has 1 unspecified atom stereocenters. The molecule has 1 aliphatic carbocycles. The van der Waals surface area contributed by atoms with Crippen molar-refractivity contribution in [3.05, 3.63) is 0 Å². The second-order valence-corrected chi connectivity index (χ2v) is 9.29. The van der Waals surface area contributed by atoms with Crippen LogP contribution in [0, 0.1) is 5.92 Å². The third-order valence-corrected chi connectivity index (χ3v) is 6.62. The van der Waals surface area contributed by atoms with Crippen molar-refractivity contribution in [3.63, 3.8) is 0 Å². The molecular formula is C26H50O2. The molecular weight excluding hydrogens is 344 g/mol. The van der Waals surface area contributed by atoms with E-state index in [-0.39, 0.29) is 12.1 Å². The fourth-order valence-electron chi connectivity index (χ4n) is 4.61. The number of carbonyl (C=O) groups is 1. The maximum atomic E-state index is 12.0. The molecule has 1 aliphatic rings. The first kappa shape index (κ1) is 25.5. The van der Waals surface area contributed by atoms with Gasteiger partial charge in [0.15, 0.2) is 0 Å². The third-order valence-electron chi connectivity index (χ3n) is 6.62. The topological polar surface area (TPSA) is 26.3 Å². The fourth-order valence-corrected chi connectivity index (χ4v) is 4.61. The average Bonchev–Trinajstić information content (AvgIpc) is 2.71. The van der Waals surface area contributed by atoms with E-state index >= 15 is 0 Å². The van der Waals surface area contributed by atoms with E-state index in [1.165, 1.54) is 122 Å². The molecule has 166 valence electrons. The molecule has 0 aliphatic heterocycles. The van der Waals surface area contributed by atoms with Gasteiger partial charge in [-0.3, -0.25) is 4.79 Å². The molecule has 0 aromatic carbocycles. The van der Waals surface area contributed by atoms with Gasteiger partial charge in [-0.05, 0) is 32.1 Å². The second kappa shape index (κ2) is 18.5. The van der Waals surface area contributed by atoms with Crippen LogP contribution in [0.3, 0.4) is 0 Å². The van der Waals surface area contributed by atoms with E-state index in [1.807, 2.05) is 0 Å². The van der Waals surface area contributed by atoms with Gasteiger partial charge in [0.25, 0.3) is 0 Å². The van der Waals surface area contributed by atoms with Crippen molar-refractivity contribution >= 4 is 5.97 Å². The van der Waals surface area contributed by atoms with Crippen LogP contribution in [-0.2, 0) is 9.53 Å². The Kier molecular flexibility index (Phi) is 16.8. The number of hydrogen-bond donors (Lipinski definition) is 0. The van der Waals surface area contributed by atoms with Crippen molar-refractivity contribution in [2.45, 2.75) is 155 Å². The standard InChI is InChI=1S/C26H50O2/c1-3-4-5-6-7-8-9-10-11-12-13-14-15-16-20-23-26(27)28-24(2)25-21-18-17-19-22-25/h24-25H,3-23H2,1-2H3. The zero-order chi connectivity index (χ0) is 20.3. The largest absolute Gasteiger partial charge is 0.462 e. The van der Waals surface area contributed by atoms with Gasteiger partial charge in [-0.2, -0.15) is 0 Å².